The number of anilines is 1. The van der Waals surface area contributed by atoms with Gasteiger partial charge in [0.15, 0.2) is 0 Å². The Balaban J connectivity index is 1.75. The van der Waals surface area contributed by atoms with Crippen LogP contribution in [0.25, 0.3) is 0 Å². The van der Waals surface area contributed by atoms with Gasteiger partial charge in [-0.1, -0.05) is 35.4 Å². The number of nitrogens with zero attached hydrogens (tertiary/aromatic N) is 4. The van der Waals surface area contributed by atoms with Crippen LogP contribution >= 0.6 is 22.6 Å². The fourth-order valence-corrected chi connectivity index (χ4v) is 3.31. The van der Waals surface area contributed by atoms with Gasteiger partial charge in [-0.15, -0.1) is 0 Å². The molecule has 0 bridgehead atoms. The van der Waals surface area contributed by atoms with Gasteiger partial charge < -0.3 is 5.32 Å². The predicted molar refractivity (Wildman–Crippen MR) is 92.5 cm³/mol. The molecule has 116 valence electrons. The van der Waals surface area contributed by atoms with Crippen LogP contribution in [0.4, 0.5) is 10.3 Å². The molecule has 3 aromatic rings. The number of rotatable bonds is 2. The molecule has 1 aromatic heterocycles. The lowest BCUT2D eigenvalue weighted by Gasteiger charge is -2.31. The molecular formula is C16H13FIN5. The Morgan fingerprint density at radius 1 is 1.13 bits per heavy atom. The standard InChI is InChI=1S/C16H13FIN5/c17-13-4-2-1-3-12(13)15-9-14(10-5-7-11(18)8-6-10)19-16-20-21-22-23(15)16/h1-8,14-15H,9H2,(H,19,20,22)/t14-,15+/m0/s1. The largest absolute Gasteiger partial charge is 0.346 e. The van der Waals surface area contributed by atoms with Crippen LogP contribution in [0.15, 0.2) is 48.5 Å². The highest BCUT2D eigenvalue weighted by Crippen LogP contribution is 2.37. The second-order valence-electron chi connectivity index (χ2n) is 5.47. The van der Waals surface area contributed by atoms with Gasteiger partial charge in [-0.05, 0) is 63.2 Å². The van der Waals surface area contributed by atoms with Crippen LogP contribution in [0.2, 0.25) is 0 Å². The van der Waals surface area contributed by atoms with Crippen molar-refractivity contribution in [1.82, 2.24) is 20.2 Å². The SMILES string of the molecule is Fc1ccccc1[C@H]1C[C@@H](c2ccc(I)cc2)Nc2nnnn21. The van der Waals surface area contributed by atoms with E-state index in [-0.39, 0.29) is 17.9 Å². The Morgan fingerprint density at radius 3 is 2.70 bits per heavy atom. The maximum absolute atomic E-state index is 14.3. The summed E-state index contributed by atoms with van der Waals surface area (Å²) >= 11 is 2.28. The minimum atomic E-state index is -0.234. The van der Waals surface area contributed by atoms with E-state index in [1.54, 1.807) is 16.8 Å². The summed E-state index contributed by atoms with van der Waals surface area (Å²) in [5.41, 5.74) is 1.75. The van der Waals surface area contributed by atoms with Crippen LogP contribution in [0, 0.1) is 9.39 Å². The molecule has 0 aliphatic carbocycles. The van der Waals surface area contributed by atoms with Crippen molar-refractivity contribution in [3.05, 3.63) is 69.0 Å². The number of hydrogen-bond donors (Lipinski definition) is 1. The summed E-state index contributed by atoms with van der Waals surface area (Å²) in [5, 5.41) is 15.1. The molecule has 2 heterocycles. The van der Waals surface area contributed by atoms with Gasteiger partial charge in [-0.3, -0.25) is 0 Å². The molecule has 23 heavy (non-hydrogen) atoms. The highest BCUT2D eigenvalue weighted by atomic mass is 127. The van der Waals surface area contributed by atoms with E-state index in [0.29, 0.717) is 17.9 Å². The summed E-state index contributed by atoms with van der Waals surface area (Å²) in [6, 6.07) is 14.9. The summed E-state index contributed by atoms with van der Waals surface area (Å²) in [4.78, 5) is 0. The van der Waals surface area contributed by atoms with E-state index in [1.807, 2.05) is 6.07 Å². The van der Waals surface area contributed by atoms with E-state index in [9.17, 15) is 4.39 Å². The maximum Gasteiger partial charge on any atom is 0.243 e. The Bertz CT molecular complexity index is 832. The minimum absolute atomic E-state index is 0.0371. The molecule has 1 aliphatic rings. The zero-order valence-corrected chi connectivity index (χ0v) is 14.2. The molecule has 1 N–H and O–H groups in total. The van der Waals surface area contributed by atoms with E-state index in [4.69, 9.17) is 0 Å². The van der Waals surface area contributed by atoms with Crippen LogP contribution in [-0.2, 0) is 0 Å². The molecule has 0 fully saturated rings. The molecule has 2 aromatic carbocycles. The first kappa shape index (κ1) is 14.6. The summed E-state index contributed by atoms with van der Waals surface area (Å²) < 4.78 is 17.1. The molecule has 2 atom stereocenters. The Labute approximate surface area is 146 Å². The number of benzene rings is 2. The first-order valence-electron chi connectivity index (χ1n) is 7.26. The van der Waals surface area contributed by atoms with Crippen molar-refractivity contribution in [2.45, 2.75) is 18.5 Å². The molecule has 1 aliphatic heterocycles. The summed E-state index contributed by atoms with van der Waals surface area (Å²) in [5.74, 6) is 0.329. The topological polar surface area (TPSA) is 55.6 Å². The third-order valence-corrected chi connectivity index (χ3v) is 4.81. The van der Waals surface area contributed by atoms with E-state index in [1.165, 1.54) is 9.64 Å². The zero-order valence-electron chi connectivity index (χ0n) is 12.0. The van der Waals surface area contributed by atoms with Crippen molar-refractivity contribution >= 4 is 28.5 Å². The lowest BCUT2D eigenvalue weighted by Crippen LogP contribution is -2.28. The summed E-state index contributed by atoms with van der Waals surface area (Å²) in [6.07, 6.45) is 0.680. The van der Waals surface area contributed by atoms with Gasteiger partial charge in [0.05, 0.1) is 12.1 Å². The minimum Gasteiger partial charge on any atom is -0.346 e. The lowest BCUT2D eigenvalue weighted by molar-refractivity contribution is 0.409. The normalized spacial score (nSPS) is 19.9. The molecule has 7 heteroatoms. The maximum atomic E-state index is 14.3. The van der Waals surface area contributed by atoms with Crippen LogP contribution in [0.3, 0.4) is 0 Å². The number of aromatic nitrogens is 4. The highest BCUT2D eigenvalue weighted by Gasteiger charge is 2.31. The van der Waals surface area contributed by atoms with E-state index < -0.39 is 0 Å². The molecule has 4 rings (SSSR count). The van der Waals surface area contributed by atoms with Crippen LogP contribution in [0.1, 0.15) is 29.6 Å². The van der Waals surface area contributed by atoms with Gasteiger partial charge >= 0.3 is 0 Å². The zero-order chi connectivity index (χ0) is 15.8. The Morgan fingerprint density at radius 2 is 1.91 bits per heavy atom. The molecular weight excluding hydrogens is 408 g/mol. The van der Waals surface area contributed by atoms with Crippen molar-refractivity contribution in [2.24, 2.45) is 0 Å². The third-order valence-electron chi connectivity index (χ3n) is 4.09. The van der Waals surface area contributed by atoms with Gasteiger partial charge in [0, 0.05) is 9.13 Å². The lowest BCUT2D eigenvalue weighted by atomic mass is 9.93. The van der Waals surface area contributed by atoms with E-state index in [0.717, 1.165) is 5.56 Å². The average Bonchev–Trinajstić information content (AvgIpc) is 3.04. The number of fused-ring (bicyclic) bond motifs is 1. The number of hydrogen-bond acceptors (Lipinski definition) is 4. The first-order chi connectivity index (χ1) is 11.2. The van der Waals surface area contributed by atoms with Gasteiger partial charge in [0.1, 0.15) is 5.82 Å². The van der Waals surface area contributed by atoms with E-state index in [2.05, 4.69) is 67.7 Å². The Hall–Kier alpha value is -2.03. The second-order valence-corrected chi connectivity index (χ2v) is 6.71. The number of halogens is 2. The quantitative estimate of drug-likeness (QED) is 0.644. The second kappa shape index (κ2) is 5.88. The van der Waals surface area contributed by atoms with Gasteiger partial charge in [-0.2, -0.15) is 0 Å². The van der Waals surface area contributed by atoms with Gasteiger partial charge in [0.25, 0.3) is 0 Å². The molecule has 0 spiro atoms. The van der Waals surface area contributed by atoms with Crippen LogP contribution in [-0.4, -0.2) is 20.2 Å². The van der Waals surface area contributed by atoms with Crippen LogP contribution < -0.4 is 5.32 Å². The third kappa shape index (κ3) is 2.69. The predicted octanol–water partition coefficient (Wildman–Crippen LogP) is 3.56. The molecule has 0 saturated heterocycles. The van der Waals surface area contributed by atoms with Gasteiger partial charge in [0.2, 0.25) is 5.95 Å². The molecule has 0 saturated carbocycles. The molecule has 0 unspecified atom stereocenters. The fourth-order valence-electron chi connectivity index (χ4n) is 2.96. The molecule has 5 nitrogen and oxygen atoms in total. The monoisotopic (exact) mass is 421 g/mol. The smallest absolute Gasteiger partial charge is 0.243 e. The average molecular weight is 421 g/mol. The highest BCUT2D eigenvalue weighted by molar-refractivity contribution is 14.1. The Kier molecular flexibility index (Phi) is 3.72. The number of nitrogens with one attached hydrogen (secondary N) is 1. The van der Waals surface area contributed by atoms with Gasteiger partial charge in [-0.25, -0.2) is 9.07 Å². The summed E-state index contributed by atoms with van der Waals surface area (Å²) in [7, 11) is 0. The summed E-state index contributed by atoms with van der Waals surface area (Å²) in [6.45, 7) is 0. The fraction of sp³-hybridized carbons (Fsp3) is 0.188. The van der Waals surface area contributed by atoms with Crippen molar-refractivity contribution in [1.29, 1.82) is 0 Å². The molecule has 0 amide bonds. The number of tetrazole rings is 1. The van der Waals surface area contributed by atoms with Crippen molar-refractivity contribution in [2.75, 3.05) is 5.32 Å². The van der Waals surface area contributed by atoms with Crippen molar-refractivity contribution in [3.8, 4) is 0 Å². The van der Waals surface area contributed by atoms with E-state index >= 15 is 0 Å². The van der Waals surface area contributed by atoms with Crippen molar-refractivity contribution in [3.63, 3.8) is 0 Å². The first-order valence-corrected chi connectivity index (χ1v) is 8.34. The van der Waals surface area contributed by atoms with Crippen LogP contribution in [0.5, 0.6) is 0 Å². The van der Waals surface area contributed by atoms with Crippen molar-refractivity contribution < 1.29 is 4.39 Å². The molecule has 0 radical (unpaired) electrons.